The van der Waals surface area contributed by atoms with Crippen LogP contribution in [0.15, 0.2) is 41.3 Å². The highest BCUT2D eigenvalue weighted by Gasteiger charge is 2.05. The Morgan fingerprint density at radius 3 is 3.00 bits per heavy atom. The van der Waals surface area contributed by atoms with Crippen LogP contribution in [0.25, 0.3) is 11.0 Å². The summed E-state index contributed by atoms with van der Waals surface area (Å²) in [6.45, 7) is 0.726. The molecule has 0 amide bonds. The summed E-state index contributed by atoms with van der Waals surface area (Å²) in [6, 6.07) is 7.43. The molecule has 0 bridgehead atoms. The number of nitrogens with zero attached hydrogens (tertiary/aromatic N) is 3. The first-order valence-electron chi connectivity index (χ1n) is 5.96. The van der Waals surface area contributed by atoms with Crippen molar-refractivity contribution in [2.24, 2.45) is 0 Å². The lowest BCUT2D eigenvalue weighted by Crippen LogP contribution is -2.07. The zero-order valence-corrected chi connectivity index (χ0v) is 10.2. The topological polar surface area (TPSA) is 89.9 Å². The van der Waals surface area contributed by atoms with Crippen LogP contribution in [0.5, 0.6) is 0 Å². The van der Waals surface area contributed by atoms with Crippen molar-refractivity contribution in [2.75, 3.05) is 17.6 Å². The predicted octanol–water partition coefficient (Wildman–Crippen LogP) is 1.85. The van der Waals surface area contributed by atoms with E-state index in [4.69, 9.17) is 10.2 Å². The lowest BCUT2D eigenvalue weighted by atomic mass is 10.3. The molecule has 0 saturated heterocycles. The van der Waals surface area contributed by atoms with Gasteiger partial charge in [0, 0.05) is 13.0 Å². The molecule has 0 saturated carbocycles. The Kier molecular flexibility index (Phi) is 2.97. The Bertz CT molecular complexity index is 681. The number of fused-ring (bicyclic) bond motifs is 1. The molecular formula is C13H13N5O. The Morgan fingerprint density at radius 2 is 2.16 bits per heavy atom. The number of furan rings is 1. The minimum atomic E-state index is 0.452. The van der Waals surface area contributed by atoms with E-state index in [1.807, 2.05) is 18.2 Å². The summed E-state index contributed by atoms with van der Waals surface area (Å²) in [5.74, 6) is 2.14. The molecule has 0 aromatic carbocycles. The molecule has 3 N–H and O–H groups in total. The molecule has 6 heteroatoms. The summed E-state index contributed by atoms with van der Waals surface area (Å²) in [5.41, 5.74) is 6.23. The molecule has 0 atom stereocenters. The Hall–Kier alpha value is -2.63. The van der Waals surface area contributed by atoms with Gasteiger partial charge in [0.1, 0.15) is 23.7 Å². The van der Waals surface area contributed by atoms with Crippen molar-refractivity contribution in [1.29, 1.82) is 0 Å². The predicted molar refractivity (Wildman–Crippen MR) is 72.6 cm³/mol. The quantitative estimate of drug-likeness (QED) is 0.739. The molecule has 0 unspecified atom stereocenters. The van der Waals surface area contributed by atoms with E-state index >= 15 is 0 Å². The summed E-state index contributed by atoms with van der Waals surface area (Å²) in [6.07, 6.45) is 3.94. The highest BCUT2D eigenvalue weighted by Crippen LogP contribution is 2.18. The van der Waals surface area contributed by atoms with Gasteiger partial charge in [-0.2, -0.15) is 0 Å². The summed E-state index contributed by atoms with van der Waals surface area (Å²) in [7, 11) is 0. The maximum absolute atomic E-state index is 5.63. The average molecular weight is 255 g/mol. The number of anilines is 2. The van der Waals surface area contributed by atoms with Crippen molar-refractivity contribution in [3.05, 3.63) is 42.6 Å². The molecule has 3 heterocycles. The van der Waals surface area contributed by atoms with Crippen molar-refractivity contribution in [3.63, 3.8) is 0 Å². The maximum atomic E-state index is 5.63. The minimum absolute atomic E-state index is 0.452. The third-order valence-electron chi connectivity index (χ3n) is 2.76. The van der Waals surface area contributed by atoms with Gasteiger partial charge < -0.3 is 15.5 Å². The van der Waals surface area contributed by atoms with Crippen molar-refractivity contribution < 1.29 is 4.42 Å². The number of nitrogens with two attached hydrogens (primary N) is 1. The van der Waals surface area contributed by atoms with Gasteiger partial charge in [0.05, 0.1) is 11.6 Å². The number of nitrogens with one attached hydrogen (secondary N) is 1. The van der Waals surface area contributed by atoms with E-state index in [2.05, 4.69) is 20.3 Å². The van der Waals surface area contributed by atoms with E-state index in [0.717, 1.165) is 29.9 Å². The fourth-order valence-corrected chi connectivity index (χ4v) is 1.86. The van der Waals surface area contributed by atoms with Crippen molar-refractivity contribution >= 4 is 22.7 Å². The Morgan fingerprint density at radius 1 is 1.21 bits per heavy atom. The number of nitrogen functional groups attached to an aromatic ring is 1. The molecule has 0 aliphatic rings. The second-order valence-electron chi connectivity index (χ2n) is 4.09. The van der Waals surface area contributed by atoms with Crippen LogP contribution in [0.2, 0.25) is 0 Å². The molecule has 96 valence electrons. The standard InChI is InChI=1S/C13H13N5O/c14-11-4-3-10-12(16-8-17-13(10)18-11)15-6-5-9-2-1-7-19-9/h1-4,7-8H,5-6H2,(H3,14,15,16,17,18). The monoisotopic (exact) mass is 255 g/mol. The fourth-order valence-electron chi connectivity index (χ4n) is 1.86. The number of hydrogen-bond acceptors (Lipinski definition) is 6. The summed E-state index contributed by atoms with van der Waals surface area (Å²) < 4.78 is 5.27. The van der Waals surface area contributed by atoms with Crippen molar-refractivity contribution in [1.82, 2.24) is 15.0 Å². The van der Waals surface area contributed by atoms with Crippen LogP contribution in [-0.4, -0.2) is 21.5 Å². The normalized spacial score (nSPS) is 10.7. The first-order chi connectivity index (χ1) is 9.33. The summed E-state index contributed by atoms with van der Waals surface area (Å²) in [4.78, 5) is 12.5. The first kappa shape index (κ1) is 11.5. The molecule has 19 heavy (non-hydrogen) atoms. The van der Waals surface area contributed by atoms with Crippen molar-refractivity contribution in [2.45, 2.75) is 6.42 Å². The average Bonchev–Trinajstić information content (AvgIpc) is 2.92. The number of aromatic nitrogens is 3. The minimum Gasteiger partial charge on any atom is -0.469 e. The molecule has 0 spiro atoms. The van der Waals surface area contributed by atoms with Gasteiger partial charge in [0.15, 0.2) is 5.65 Å². The van der Waals surface area contributed by atoms with Gasteiger partial charge >= 0.3 is 0 Å². The lowest BCUT2D eigenvalue weighted by Gasteiger charge is -2.07. The van der Waals surface area contributed by atoms with Gasteiger partial charge in [-0.1, -0.05) is 0 Å². The van der Waals surface area contributed by atoms with Crippen LogP contribution in [0, 0.1) is 0 Å². The van der Waals surface area contributed by atoms with Crippen LogP contribution in [-0.2, 0) is 6.42 Å². The second kappa shape index (κ2) is 4.93. The van der Waals surface area contributed by atoms with E-state index in [0.29, 0.717) is 11.5 Å². The highest BCUT2D eigenvalue weighted by atomic mass is 16.3. The number of rotatable bonds is 4. The molecule has 3 rings (SSSR count). The second-order valence-corrected chi connectivity index (χ2v) is 4.09. The smallest absolute Gasteiger partial charge is 0.166 e. The van der Waals surface area contributed by atoms with Gasteiger partial charge in [0.25, 0.3) is 0 Å². The van der Waals surface area contributed by atoms with Crippen LogP contribution in [0.4, 0.5) is 11.6 Å². The SMILES string of the molecule is Nc1ccc2c(NCCc3ccco3)ncnc2n1. The largest absolute Gasteiger partial charge is 0.469 e. The number of hydrogen-bond donors (Lipinski definition) is 2. The highest BCUT2D eigenvalue weighted by molar-refractivity contribution is 5.86. The van der Waals surface area contributed by atoms with E-state index < -0.39 is 0 Å². The van der Waals surface area contributed by atoms with Gasteiger partial charge in [-0.3, -0.25) is 0 Å². The number of pyridine rings is 1. The van der Waals surface area contributed by atoms with Crippen LogP contribution >= 0.6 is 0 Å². The Balaban J connectivity index is 1.77. The molecule has 6 nitrogen and oxygen atoms in total. The Labute approximate surface area is 109 Å². The fraction of sp³-hybridized carbons (Fsp3) is 0.154. The van der Waals surface area contributed by atoms with E-state index in [1.165, 1.54) is 6.33 Å². The van der Waals surface area contributed by atoms with Gasteiger partial charge in [-0.25, -0.2) is 15.0 Å². The van der Waals surface area contributed by atoms with Crippen molar-refractivity contribution in [3.8, 4) is 0 Å². The lowest BCUT2D eigenvalue weighted by molar-refractivity contribution is 0.513. The van der Waals surface area contributed by atoms with E-state index in [9.17, 15) is 0 Å². The molecule has 3 aromatic heterocycles. The summed E-state index contributed by atoms with van der Waals surface area (Å²) in [5, 5.41) is 4.11. The zero-order valence-electron chi connectivity index (χ0n) is 10.2. The first-order valence-corrected chi connectivity index (χ1v) is 5.96. The third-order valence-corrected chi connectivity index (χ3v) is 2.76. The molecule has 0 fully saturated rings. The maximum Gasteiger partial charge on any atom is 0.166 e. The van der Waals surface area contributed by atoms with Gasteiger partial charge in [-0.15, -0.1) is 0 Å². The zero-order chi connectivity index (χ0) is 13.1. The van der Waals surface area contributed by atoms with Crippen LogP contribution in [0.3, 0.4) is 0 Å². The molecule has 0 aliphatic heterocycles. The molecule has 3 aromatic rings. The van der Waals surface area contributed by atoms with Gasteiger partial charge in [-0.05, 0) is 24.3 Å². The van der Waals surface area contributed by atoms with Gasteiger partial charge in [0.2, 0.25) is 0 Å². The molecule has 0 aliphatic carbocycles. The van der Waals surface area contributed by atoms with Crippen LogP contribution in [0.1, 0.15) is 5.76 Å². The van der Waals surface area contributed by atoms with E-state index in [1.54, 1.807) is 12.3 Å². The summed E-state index contributed by atoms with van der Waals surface area (Å²) >= 11 is 0. The van der Waals surface area contributed by atoms with Crippen LogP contribution < -0.4 is 11.1 Å². The third kappa shape index (κ3) is 2.47. The molecule has 0 radical (unpaired) electrons. The van der Waals surface area contributed by atoms with E-state index in [-0.39, 0.29) is 0 Å². The molecular weight excluding hydrogens is 242 g/mol.